The molecule has 1 aromatic heterocycles. The van der Waals surface area contributed by atoms with Crippen molar-refractivity contribution in [2.24, 2.45) is 0 Å². The predicted octanol–water partition coefficient (Wildman–Crippen LogP) is -0.0822. The summed E-state index contributed by atoms with van der Waals surface area (Å²) < 4.78 is 7.43. The smallest absolute Gasteiger partial charge is 0.159 e. The summed E-state index contributed by atoms with van der Waals surface area (Å²) in [4.78, 5) is 0. The van der Waals surface area contributed by atoms with Crippen LogP contribution in [0.15, 0.2) is 0 Å². The van der Waals surface area contributed by atoms with Gasteiger partial charge in [0.25, 0.3) is 0 Å². The van der Waals surface area contributed by atoms with Gasteiger partial charge < -0.3 is 14.6 Å². The molecule has 0 atom stereocenters. The average Bonchev–Trinajstić information content (AvgIpc) is 2.58. The van der Waals surface area contributed by atoms with Crippen LogP contribution >= 0.6 is 0 Å². The van der Waals surface area contributed by atoms with E-state index in [4.69, 9.17) is 4.74 Å². The molecule has 5 nitrogen and oxygen atoms in total. The van der Waals surface area contributed by atoms with Gasteiger partial charge in [0.15, 0.2) is 5.82 Å². The summed E-state index contributed by atoms with van der Waals surface area (Å²) in [5, 5.41) is 11.4. The molecule has 1 aliphatic heterocycles. The van der Waals surface area contributed by atoms with Gasteiger partial charge in [0.2, 0.25) is 0 Å². The molecule has 13 heavy (non-hydrogen) atoms. The first-order chi connectivity index (χ1) is 6.42. The van der Waals surface area contributed by atoms with Gasteiger partial charge in [-0.3, -0.25) is 0 Å². The maximum Gasteiger partial charge on any atom is 0.159 e. The van der Waals surface area contributed by atoms with E-state index in [1.807, 2.05) is 6.92 Å². The number of fused-ring (bicyclic) bond motifs is 1. The monoisotopic (exact) mass is 182 g/mol. The maximum absolute atomic E-state index is 5.30. The second kappa shape index (κ2) is 3.85. The number of nitrogens with zero attached hydrogens (tertiary/aromatic N) is 3. The van der Waals surface area contributed by atoms with E-state index in [1.54, 1.807) is 0 Å². The number of ether oxygens (including phenoxy) is 1. The summed E-state index contributed by atoms with van der Waals surface area (Å²) in [6.07, 6.45) is 0. The molecule has 0 aliphatic carbocycles. The van der Waals surface area contributed by atoms with Crippen molar-refractivity contribution in [3.8, 4) is 0 Å². The maximum atomic E-state index is 5.30. The van der Waals surface area contributed by atoms with Crippen molar-refractivity contribution in [2.45, 2.75) is 26.6 Å². The molecule has 0 unspecified atom stereocenters. The molecule has 1 aliphatic rings. The Morgan fingerprint density at radius 2 is 2.46 bits per heavy atom. The highest BCUT2D eigenvalue weighted by Gasteiger charge is 2.14. The number of hydrogen-bond acceptors (Lipinski definition) is 4. The lowest BCUT2D eigenvalue weighted by Gasteiger charge is -2.15. The predicted molar refractivity (Wildman–Crippen MR) is 47.1 cm³/mol. The van der Waals surface area contributed by atoms with Gasteiger partial charge in [0, 0.05) is 19.7 Å². The second-order valence-corrected chi connectivity index (χ2v) is 3.00. The Bertz CT molecular complexity index is 284. The number of nitrogens with one attached hydrogen (secondary N) is 1. The molecule has 1 N–H and O–H groups in total. The van der Waals surface area contributed by atoms with Gasteiger partial charge in [-0.25, -0.2) is 0 Å². The molecule has 0 saturated heterocycles. The summed E-state index contributed by atoms with van der Waals surface area (Å²) in [6, 6.07) is 0. The van der Waals surface area contributed by atoms with Gasteiger partial charge >= 0.3 is 0 Å². The molecule has 0 fully saturated rings. The second-order valence-electron chi connectivity index (χ2n) is 3.00. The first-order valence-electron chi connectivity index (χ1n) is 4.61. The molecule has 72 valence electrons. The Labute approximate surface area is 77.1 Å². The third-order valence-electron chi connectivity index (χ3n) is 2.13. The molecule has 5 heteroatoms. The number of hydrogen-bond donors (Lipinski definition) is 1. The van der Waals surface area contributed by atoms with Gasteiger partial charge in [-0.2, -0.15) is 0 Å². The fourth-order valence-electron chi connectivity index (χ4n) is 1.45. The molecule has 0 bridgehead atoms. The van der Waals surface area contributed by atoms with Gasteiger partial charge in [0.05, 0.1) is 6.54 Å². The van der Waals surface area contributed by atoms with E-state index < -0.39 is 0 Å². The Balaban J connectivity index is 2.12. The molecule has 2 rings (SSSR count). The summed E-state index contributed by atoms with van der Waals surface area (Å²) in [7, 11) is 0. The van der Waals surface area contributed by atoms with Crippen LogP contribution in [0.4, 0.5) is 0 Å². The lowest BCUT2D eigenvalue weighted by Crippen LogP contribution is -2.29. The van der Waals surface area contributed by atoms with Gasteiger partial charge in [-0.15, -0.1) is 10.2 Å². The van der Waals surface area contributed by atoms with Crippen LogP contribution < -0.4 is 5.32 Å². The molecule has 0 spiro atoms. The Morgan fingerprint density at radius 1 is 1.54 bits per heavy atom. The van der Waals surface area contributed by atoms with E-state index in [2.05, 4.69) is 20.1 Å². The van der Waals surface area contributed by atoms with Crippen LogP contribution in [0.2, 0.25) is 0 Å². The SMILES string of the molecule is CCOCc1nnc2n1CCNC2. The summed E-state index contributed by atoms with van der Waals surface area (Å²) >= 11 is 0. The largest absolute Gasteiger partial charge is 0.374 e. The molecule has 1 aromatic rings. The van der Waals surface area contributed by atoms with Crippen LogP contribution in [-0.4, -0.2) is 27.9 Å². The zero-order chi connectivity index (χ0) is 9.10. The van der Waals surface area contributed by atoms with Crippen LogP contribution in [0.1, 0.15) is 18.6 Å². The quantitative estimate of drug-likeness (QED) is 0.710. The van der Waals surface area contributed by atoms with E-state index in [-0.39, 0.29) is 0 Å². The van der Waals surface area contributed by atoms with Crippen molar-refractivity contribution in [1.29, 1.82) is 0 Å². The van der Waals surface area contributed by atoms with Gasteiger partial charge in [-0.1, -0.05) is 0 Å². The van der Waals surface area contributed by atoms with E-state index in [0.717, 1.165) is 37.9 Å². The topological polar surface area (TPSA) is 52.0 Å². The average molecular weight is 182 g/mol. The van der Waals surface area contributed by atoms with Crippen LogP contribution in [-0.2, 0) is 24.4 Å². The summed E-state index contributed by atoms with van der Waals surface area (Å²) in [5.41, 5.74) is 0. The number of aromatic nitrogens is 3. The summed E-state index contributed by atoms with van der Waals surface area (Å²) in [6.45, 7) is 6.03. The van der Waals surface area contributed by atoms with Crippen LogP contribution in [0.3, 0.4) is 0 Å². The standard InChI is InChI=1S/C8H14N4O/c1-2-13-6-8-11-10-7-5-9-3-4-12(7)8/h9H,2-6H2,1H3. The van der Waals surface area contributed by atoms with Crippen LogP contribution in [0, 0.1) is 0 Å². The highest BCUT2D eigenvalue weighted by molar-refractivity contribution is 4.97. The van der Waals surface area contributed by atoms with Crippen molar-refractivity contribution in [3.05, 3.63) is 11.6 Å². The minimum Gasteiger partial charge on any atom is -0.374 e. The summed E-state index contributed by atoms with van der Waals surface area (Å²) in [5.74, 6) is 1.96. The fourth-order valence-corrected chi connectivity index (χ4v) is 1.45. The zero-order valence-electron chi connectivity index (χ0n) is 7.79. The Kier molecular flexibility index (Phi) is 2.56. The highest BCUT2D eigenvalue weighted by Crippen LogP contribution is 2.06. The third kappa shape index (κ3) is 1.71. The van der Waals surface area contributed by atoms with Crippen LogP contribution in [0.25, 0.3) is 0 Å². The molecule has 0 radical (unpaired) electrons. The van der Waals surface area contributed by atoms with E-state index in [9.17, 15) is 0 Å². The highest BCUT2D eigenvalue weighted by atomic mass is 16.5. The molecule has 0 aromatic carbocycles. The van der Waals surface area contributed by atoms with Crippen molar-refractivity contribution in [1.82, 2.24) is 20.1 Å². The third-order valence-corrected chi connectivity index (χ3v) is 2.13. The number of rotatable bonds is 3. The lowest BCUT2D eigenvalue weighted by molar-refractivity contribution is 0.125. The minimum absolute atomic E-state index is 0.573. The normalized spacial score (nSPS) is 15.8. The van der Waals surface area contributed by atoms with Crippen molar-refractivity contribution in [2.75, 3.05) is 13.2 Å². The molecule has 2 heterocycles. The van der Waals surface area contributed by atoms with Crippen molar-refractivity contribution < 1.29 is 4.74 Å². The van der Waals surface area contributed by atoms with Gasteiger partial charge in [-0.05, 0) is 6.92 Å². The lowest BCUT2D eigenvalue weighted by atomic mass is 10.4. The van der Waals surface area contributed by atoms with Crippen molar-refractivity contribution in [3.63, 3.8) is 0 Å². The van der Waals surface area contributed by atoms with E-state index in [0.29, 0.717) is 6.61 Å². The van der Waals surface area contributed by atoms with E-state index >= 15 is 0 Å². The molecule has 0 saturated carbocycles. The van der Waals surface area contributed by atoms with Crippen molar-refractivity contribution >= 4 is 0 Å². The van der Waals surface area contributed by atoms with E-state index in [1.165, 1.54) is 0 Å². The molecular formula is C8H14N4O. The Morgan fingerprint density at radius 3 is 3.31 bits per heavy atom. The molecular weight excluding hydrogens is 168 g/mol. The van der Waals surface area contributed by atoms with Gasteiger partial charge in [0.1, 0.15) is 12.4 Å². The molecule has 0 amide bonds. The fraction of sp³-hybridized carbons (Fsp3) is 0.750. The first kappa shape index (κ1) is 8.65. The van der Waals surface area contributed by atoms with Crippen LogP contribution in [0.5, 0.6) is 0 Å². The Hall–Kier alpha value is -0.940. The zero-order valence-corrected chi connectivity index (χ0v) is 7.79. The minimum atomic E-state index is 0.573. The first-order valence-corrected chi connectivity index (χ1v) is 4.61.